The number of carbonyl (C=O) groups is 1. The second kappa shape index (κ2) is 5.65. The zero-order valence-electron chi connectivity index (χ0n) is 9.23. The molecule has 0 fully saturated rings. The standard InChI is InChI=1S/C12H6Cl3NO3/c13-7-1-2-8(14)10(4-7)19-11-9(15)3-6(5-16-11)12(17)18/h1-5H,(H,17,18). The minimum absolute atomic E-state index is 0.0328. The van der Waals surface area contributed by atoms with Gasteiger partial charge in [-0.25, -0.2) is 9.78 Å². The molecule has 0 aliphatic rings. The maximum absolute atomic E-state index is 10.7. The number of halogens is 3. The Morgan fingerprint density at radius 2 is 1.89 bits per heavy atom. The number of rotatable bonds is 3. The van der Waals surface area contributed by atoms with Crippen molar-refractivity contribution >= 4 is 40.8 Å². The van der Waals surface area contributed by atoms with E-state index in [9.17, 15) is 4.79 Å². The monoisotopic (exact) mass is 317 g/mol. The second-order valence-electron chi connectivity index (χ2n) is 3.49. The summed E-state index contributed by atoms with van der Waals surface area (Å²) in [4.78, 5) is 14.6. The Kier molecular flexibility index (Phi) is 4.14. The number of ether oxygens (including phenoxy) is 1. The van der Waals surface area contributed by atoms with Crippen LogP contribution in [0.3, 0.4) is 0 Å². The predicted octanol–water partition coefficient (Wildman–Crippen LogP) is 4.53. The van der Waals surface area contributed by atoms with E-state index in [1.54, 1.807) is 12.1 Å². The molecule has 0 atom stereocenters. The van der Waals surface area contributed by atoms with Gasteiger partial charge in [-0.1, -0.05) is 34.8 Å². The van der Waals surface area contributed by atoms with Gasteiger partial charge < -0.3 is 9.84 Å². The first-order chi connectivity index (χ1) is 8.97. The lowest BCUT2D eigenvalue weighted by Gasteiger charge is -2.08. The second-order valence-corrected chi connectivity index (χ2v) is 4.74. The number of carboxylic acids is 1. The number of aromatic carboxylic acids is 1. The molecule has 2 rings (SSSR count). The van der Waals surface area contributed by atoms with Crippen molar-refractivity contribution in [1.82, 2.24) is 4.98 Å². The number of hydrogen-bond acceptors (Lipinski definition) is 3. The van der Waals surface area contributed by atoms with Crippen LogP contribution in [0.2, 0.25) is 15.1 Å². The van der Waals surface area contributed by atoms with Gasteiger partial charge in [0.2, 0.25) is 5.88 Å². The maximum atomic E-state index is 10.7. The molecule has 0 saturated carbocycles. The third-order valence-corrected chi connectivity index (χ3v) is 2.97. The lowest BCUT2D eigenvalue weighted by Crippen LogP contribution is -1.98. The fourth-order valence-corrected chi connectivity index (χ4v) is 1.80. The van der Waals surface area contributed by atoms with Gasteiger partial charge in [0.1, 0.15) is 10.8 Å². The highest BCUT2D eigenvalue weighted by molar-refractivity contribution is 6.34. The van der Waals surface area contributed by atoms with Crippen LogP contribution in [0.4, 0.5) is 0 Å². The van der Waals surface area contributed by atoms with Crippen molar-refractivity contribution in [1.29, 1.82) is 0 Å². The fraction of sp³-hybridized carbons (Fsp3) is 0. The van der Waals surface area contributed by atoms with Gasteiger partial charge in [0, 0.05) is 17.3 Å². The summed E-state index contributed by atoms with van der Waals surface area (Å²) in [7, 11) is 0. The Hall–Kier alpha value is -1.49. The molecule has 4 nitrogen and oxygen atoms in total. The van der Waals surface area contributed by atoms with Crippen LogP contribution in [0.5, 0.6) is 11.6 Å². The van der Waals surface area contributed by atoms with Crippen molar-refractivity contribution in [2.45, 2.75) is 0 Å². The Labute approximate surface area is 123 Å². The van der Waals surface area contributed by atoms with Crippen molar-refractivity contribution in [3.63, 3.8) is 0 Å². The lowest BCUT2D eigenvalue weighted by atomic mass is 10.3. The molecule has 0 amide bonds. The predicted molar refractivity (Wildman–Crippen MR) is 72.7 cm³/mol. The van der Waals surface area contributed by atoms with Crippen LogP contribution in [-0.2, 0) is 0 Å². The summed E-state index contributed by atoms with van der Waals surface area (Å²) in [5, 5.41) is 9.64. The number of hydrogen-bond donors (Lipinski definition) is 1. The summed E-state index contributed by atoms with van der Waals surface area (Å²) >= 11 is 17.6. The normalized spacial score (nSPS) is 10.3. The van der Waals surface area contributed by atoms with E-state index < -0.39 is 5.97 Å². The number of pyridine rings is 1. The molecule has 0 aliphatic heterocycles. The molecule has 2 aromatic rings. The zero-order valence-corrected chi connectivity index (χ0v) is 11.5. The van der Waals surface area contributed by atoms with Gasteiger partial charge in [-0.2, -0.15) is 0 Å². The Morgan fingerprint density at radius 1 is 1.16 bits per heavy atom. The number of aromatic nitrogens is 1. The van der Waals surface area contributed by atoms with Gasteiger partial charge in [-0.05, 0) is 18.2 Å². The smallest absolute Gasteiger partial charge is 0.337 e. The molecule has 0 unspecified atom stereocenters. The van der Waals surface area contributed by atoms with Crippen molar-refractivity contribution in [2.75, 3.05) is 0 Å². The highest BCUT2D eigenvalue weighted by Crippen LogP contribution is 2.34. The van der Waals surface area contributed by atoms with Gasteiger partial charge in [0.25, 0.3) is 0 Å². The molecule has 1 heterocycles. The number of nitrogens with zero attached hydrogens (tertiary/aromatic N) is 1. The van der Waals surface area contributed by atoms with E-state index in [1.165, 1.54) is 12.1 Å². The van der Waals surface area contributed by atoms with Crippen molar-refractivity contribution in [2.24, 2.45) is 0 Å². The molecule has 0 spiro atoms. The molecule has 1 aromatic carbocycles. The molecule has 0 aliphatic carbocycles. The van der Waals surface area contributed by atoms with E-state index in [0.29, 0.717) is 10.0 Å². The maximum Gasteiger partial charge on any atom is 0.337 e. The molecular weight excluding hydrogens is 312 g/mol. The Bertz CT molecular complexity index is 646. The molecule has 0 saturated heterocycles. The number of benzene rings is 1. The molecule has 0 bridgehead atoms. The summed E-state index contributed by atoms with van der Waals surface area (Å²) in [6, 6.07) is 5.93. The minimum atomic E-state index is -1.12. The SMILES string of the molecule is O=C(O)c1cnc(Oc2cc(Cl)ccc2Cl)c(Cl)c1. The van der Waals surface area contributed by atoms with E-state index in [1.807, 2.05) is 0 Å². The fourth-order valence-electron chi connectivity index (χ4n) is 1.28. The first-order valence-electron chi connectivity index (χ1n) is 4.99. The molecule has 98 valence electrons. The quantitative estimate of drug-likeness (QED) is 0.903. The Morgan fingerprint density at radius 3 is 2.53 bits per heavy atom. The van der Waals surface area contributed by atoms with Gasteiger partial charge in [-0.15, -0.1) is 0 Å². The van der Waals surface area contributed by atoms with Crippen LogP contribution >= 0.6 is 34.8 Å². The minimum Gasteiger partial charge on any atom is -0.478 e. The average Bonchev–Trinajstić information content (AvgIpc) is 2.36. The van der Waals surface area contributed by atoms with Crippen LogP contribution < -0.4 is 4.74 Å². The van der Waals surface area contributed by atoms with Crippen molar-refractivity contribution < 1.29 is 14.6 Å². The summed E-state index contributed by atoms with van der Waals surface area (Å²) in [6.07, 6.45) is 1.14. The Balaban J connectivity index is 2.33. The van der Waals surface area contributed by atoms with E-state index in [-0.39, 0.29) is 22.2 Å². The summed E-state index contributed by atoms with van der Waals surface area (Å²) in [6.45, 7) is 0. The molecule has 19 heavy (non-hydrogen) atoms. The van der Waals surface area contributed by atoms with Crippen LogP contribution in [-0.4, -0.2) is 16.1 Å². The summed E-state index contributed by atoms with van der Waals surface area (Å²) in [5.74, 6) is -0.788. The highest BCUT2D eigenvalue weighted by atomic mass is 35.5. The van der Waals surface area contributed by atoms with E-state index >= 15 is 0 Å². The van der Waals surface area contributed by atoms with Gasteiger partial charge >= 0.3 is 5.97 Å². The van der Waals surface area contributed by atoms with E-state index in [4.69, 9.17) is 44.6 Å². The number of carboxylic acid groups (broad SMARTS) is 1. The van der Waals surface area contributed by atoms with Crippen LogP contribution in [0.25, 0.3) is 0 Å². The van der Waals surface area contributed by atoms with E-state index in [2.05, 4.69) is 4.98 Å². The molecule has 1 aromatic heterocycles. The molecule has 1 N–H and O–H groups in total. The molecular formula is C12H6Cl3NO3. The largest absolute Gasteiger partial charge is 0.478 e. The van der Waals surface area contributed by atoms with E-state index in [0.717, 1.165) is 6.20 Å². The summed E-state index contributed by atoms with van der Waals surface area (Å²) < 4.78 is 5.40. The van der Waals surface area contributed by atoms with Crippen LogP contribution in [0.15, 0.2) is 30.5 Å². The van der Waals surface area contributed by atoms with Crippen molar-refractivity contribution in [3.8, 4) is 11.6 Å². The highest BCUT2D eigenvalue weighted by Gasteiger charge is 2.12. The first-order valence-corrected chi connectivity index (χ1v) is 6.12. The first kappa shape index (κ1) is 13.9. The lowest BCUT2D eigenvalue weighted by molar-refractivity contribution is 0.0696. The zero-order chi connectivity index (χ0) is 14.0. The molecule has 7 heteroatoms. The van der Waals surface area contributed by atoms with Gasteiger partial charge in [0.05, 0.1) is 10.6 Å². The van der Waals surface area contributed by atoms with Gasteiger partial charge in [0.15, 0.2) is 0 Å². The molecule has 0 radical (unpaired) electrons. The third-order valence-electron chi connectivity index (χ3n) is 2.15. The topological polar surface area (TPSA) is 59.4 Å². The summed E-state index contributed by atoms with van der Waals surface area (Å²) in [5.41, 5.74) is -0.0328. The van der Waals surface area contributed by atoms with Crippen LogP contribution in [0.1, 0.15) is 10.4 Å². The van der Waals surface area contributed by atoms with Gasteiger partial charge in [-0.3, -0.25) is 0 Å². The van der Waals surface area contributed by atoms with Crippen molar-refractivity contribution in [3.05, 3.63) is 51.1 Å². The van der Waals surface area contributed by atoms with Crippen LogP contribution in [0, 0.1) is 0 Å². The third kappa shape index (κ3) is 3.29. The average molecular weight is 319 g/mol.